The van der Waals surface area contributed by atoms with Crippen LogP contribution in [-0.4, -0.2) is 60.1 Å². The molecule has 0 spiro atoms. The SMILES string of the molecule is C=C(/C=C(C)/C=C(\C)C(=O)OCC)N1CCN(CCCCc2c[nH]c3ccc(C#N)cc23)CC1. The van der Waals surface area contributed by atoms with E-state index in [0.29, 0.717) is 17.7 Å². The van der Waals surface area contributed by atoms with E-state index < -0.39 is 0 Å². The van der Waals surface area contributed by atoms with Crippen molar-refractivity contribution in [3.05, 3.63) is 71.1 Å². The molecule has 180 valence electrons. The summed E-state index contributed by atoms with van der Waals surface area (Å²) >= 11 is 0. The van der Waals surface area contributed by atoms with E-state index in [-0.39, 0.29) is 5.97 Å². The van der Waals surface area contributed by atoms with Crippen LogP contribution in [0.3, 0.4) is 0 Å². The molecule has 3 rings (SSSR count). The molecule has 0 atom stereocenters. The maximum Gasteiger partial charge on any atom is 0.333 e. The fourth-order valence-corrected chi connectivity index (χ4v) is 4.41. The third kappa shape index (κ3) is 6.85. The number of esters is 1. The number of nitriles is 1. The molecule has 34 heavy (non-hydrogen) atoms. The molecular weight excluding hydrogens is 424 g/mol. The van der Waals surface area contributed by atoms with Crippen molar-refractivity contribution in [2.24, 2.45) is 0 Å². The number of fused-ring (bicyclic) bond motifs is 1. The van der Waals surface area contributed by atoms with Crippen LogP contribution in [0.5, 0.6) is 0 Å². The van der Waals surface area contributed by atoms with Gasteiger partial charge in [-0.05, 0) is 88.1 Å². The summed E-state index contributed by atoms with van der Waals surface area (Å²) in [5, 5.41) is 10.3. The molecule has 6 heteroatoms. The number of ether oxygens (including phenoxy) is 1. The van der Waals surface area contributed by atoms with Gasteiger partial charge in [0.1, 0.15) is 0 Å². The van der Waals surface area contributed by atoms with E-state index >= 15 is 0 Å². The zero-order valence-corrected chi connectivity index (χ0v) is 20.7. The van der Waals surface area contributed by atoms with Crippen molar-refractivity contribution < 1.29 is 9.53 Å². The van der Waals surface area contributed by atoms with Crippen LogP contribution in [-0.2, 0) is 16.0 Å². The lowest BCUT2D eigenvalue weighted by molar-refractivity contribution is -0.138. The van der Waals surface area contributed by atoms with Gasteiger partial charge in [-0.25, -0.2) is 4.79 Å². The highest BCUT2D eigenvalue weighted by Crippen LogP contribution is 2.21. The van der Waals surface area contributed by atoms with Gasteiger partial charge in [-0.1, -0.05) is 6.58 Å². The lowest BCUT2D eigenvalue weighted by Gasteiger charge is -2.36. The predicted octanol–water partition coefficient (Wildman–Crippen LogP) is 4.95. The van der Waals surface area contributed by atoms with Crippen LogP contribution >= 0.6 is 0 Å². The molecule has 0 amide bonds. The Labute approximate surface area is 203 Å². The number of nitrogens with one attached hydrogen (secondary N) is 1. The average Bonchev–Trinajstić information content (AvgIpc) is 3.24. The number of piperazine rings is 1. The molecule has 1 aliphatic rings. The standard InChI is InChI=1S/C28H36N4O2/c1-5-34-28(33)22(3)16-21(2)17-23(4)32-14-12-31(13-15-32)11-7-6-8-25-20-30-27-10-9-24(19-29)18-26(25)27/h9-10,16-18,20,30H,4-8,11-15H2,1-3H3/b21-17+,22-16+. The van der Waals surface area contributed by atoms with Gasteiger partial charge in [0.15, 0.2) is 0 Å². The Kier molecular flexibility index (Phi) is 9.12. The summed E-state index contributed by atoms with van der Waals surface area (Å²) in [5.74, 6) is -0.272. The Balaban J connectivity index is 1.40. The molecule has 1 saturated heterocycles. The number of aromatic nitrogens is 1. The summed E-state index contributed by atoms with van der Waals surface area (Å²) in [6, 6.07) is 8.05. The van der Waals surface area contributed by atoms with Crippen LogP contribution in [0.4, 0.5) is 0 Å². The molecule has 0 unspecified atom stereocenters. The van der Waals surface area contributed by atoms with E-state index in [0.717, 1.165) is 68.8 Å². The van der Waals surface area contributed by atoms with E-state index in [1.54, 1.807) is 6.92 Å². The number of hydrogen-bond acceptors (Lipinski definition) is 5. The van der Waals surface area contributed by atoms with Gasteiger partial charge < -0.3 is 14.6 Å². The second kappa shape index (κ2) is 12.2. The maximum atomic E-state index is 11.8. The summed E-state index contributed by atoms with van der Waals surface area (Å²) in [4.78, 5) is 19.9. The molecule has 6 nitrogen and oxygen atoms in total. The Morgan fingerprint density at radius 2 is 1.97 bits per heavy atom. The lowest BCUT2D eigenvalue weighted by atomic mass is 10.1. The molecule has 0 aliphatic carbocycles. The maximum absolute atomic E-state index is 11.8. The fourth-order valence-electron chi connectivity index (χ4n) is 4.41. The monoisotopic (exact) mass is 460 g/mol. The van der Waals surface area contributed by atoms with E-state index in [1.165, 1.54) is 10.9 Å². The van der Waals surface area contributed by atoms with Crippen LogP contribution in [0, 0.1) is 11.3 Å². The van der Waals surface area contributed by atoms with Gasteiger partial charge in [0.2, 0.25) is 0 Å². The quantitative estimate of drug-likeness (QED) is 0.235. The highest BCUT2D eigenvalue weighted by atomic mass is 16.5. The number of unbranched alkanes of at least 4 members (excludes halogenated alkanes) is 1. The third-order valence-corrected chi connectivity index (χ3v) is 6.28. The predicted molar refractivity (Wildman–Crippen MR) is 137 cm³/mol. The summed E-state index contributed by atoms with van der Waals surface area (Å²) in [6.07, 6.45) is 9.28. The Hall–Kier alpha value is -3.30. The topological polar surface area (TPSA) is 72.4 Å². The van der Waals surface area contributed by atoms with Crippen LogP contribution in [0.2, 0.25) is 0 Å². The first-order valence-electron chi connectivity index (χ1n) is 12.1. The van der Waals surface area contributed by atoms with Crippen molar-refractivity contribution in [3.8, 4) is 6.07 Å². The van der Waals surface area contributed by atoms with Gasteiger partial charge in [0, 0.05) is 54.5 Å². The molecule has 2 aromatic rings. The van der Waals surface area contributed by atoms with E-state index in [2.05, 4.69) is 33.6 Å². The number of rotatable bonds is 10. The molecule has 2 heterocycles. The smallest absolute Gasteiger partial charge is 0.333 e. The average molecular weight is 461 g/mol. The minimum Gasteiger partial charge on any atom is -0.463 e. The number of allylic oxidation sites excluding steroid dienone is 3. The van der Waals surface area contributed by atoms with E-state index in [9.17, 15) is 4.79 Å². The number of hydrogen-bond donors (Lipinski definition) is 1. The number of carbonyl (C=O) groups is 1. The number of carbonyl (C=O) groups excluding carboxylic acids is 1. The Bertz CT molecular complexity index is 1110. The molecule has 1 aromatic heterocycles. The minimum atomic E-state index is -0.272. The molecule has 0 bridgehead atoms. The summed E-state index contributed by atoms with van der Waals surface area (Å²) in [6.45, 7) is 15.3. The van der Waals surface area contributed by atoms with Crippen molar-refractivity contribution >= 4 is 16.9 Å². The first kappa shape index (κ1) is 25.3. The minimum absolute atomic E-state index is 0.272. The van der Waals surface area contributed by atoms with Gasteiger partial charge in [-0.2, -0.15) is 5.26 Å². The summed E-state index contributed by atoms with van der Waals surface area (Å²) < 4.78 is 5.04. The van der Waals surface area contributed by atoms with Crippen LogP contribution in [0.1, 0.15) is 44.7 Å². The Morgan fingerprint density at radius 1 is 1.21 bits per heavy atom. The van der Waals surface area contributed by atoms with Gasteiger partial charge >= 0.3 is 5.97 Å². The number of benzene rings is 1. The van der Waals surface area contributed by atoms with Gasteiger partial charge in [-0.3, -0.25) is 4.90 Å². The number of aryl methyl sites for hydroxylation is 1. The normalized spacial score (nSPS) is 15.4. The number of H-pyrrole nitrogens is 1. The lowest BCUT2D eigenvalue weighted by Crippen LogP contribution is -2.45. The summed E-state index contributed by atoms with van der Waals surface area (Å²) in [7, 11) is 0. The van der Waals surface area contributed by atoms with Crippen molar-refractivity contribution in [3.63, 3.8) is 0 Å². The van der Waals surface area contributed by atoms with Crippen LogP contribution < -0.4 is 0 Å². The fraction of sp³-hybridized carbons (Fsp3) is 0.429. The van der Waals surface area contributed by atoms with E-state index in [4.69, 9.17) is 10.00 Å². The van der Waals surface area contributed by atoms with Gasteiger partial charge in [-0.15, -0.1) is 0 Å². The van der Waals surface area contributed by atoms with Crippen LogP contribution in [0.25, 0.3) is 10.9 Å². The first-order chi connectivity index (χ1) is 16.4. The van der Waals surface area contributed by atoms with Crippen molar-refractivity contribution in [2.45, 2.75) is 40.0 Å². The molecule has 0 radical (unpaired) electrons. The summed E-state index contributed by atoms with van der Waals surface area (Å²) in [5.41, 5.74) is 5.69. The molecular formula is C28H36N4O2. The van der Waals surface area contributed by atoms with Crippen LogP contribution in [0.15, 0.2) is 60.0 Å². The van der Waals surface area contributed by atoms with Gasteiger partial charge in [0.25, 0.3) is 0 Å². The van der Waals surface area contributed by atoms with E-state index in [1.807, 2.05) is 44.2 Å². The van der Waals surface area contributed by atoms with Gasteiger partial charge in [0.05, 0.1) is 18.2 Å². The highest BCUT2D eigenvalue weighted by Gasteiger charge is 2.17. The van der Waals surface area contributed by atoms with Crippen molar-refractivity contribution in [1.29, 1.82) is 5.26 Å². The molecule has 1 aliphatic heterocycles. The second-order valence-corrected chi connectivity index (χ2v) is 8.90. The Morgan fingerprint density at radius 3 is 2.68 bits per heavy atom. The largest absolute Gasteiger partial charge is 0.463 e. The van der Waals surface area contributed by atoms with Crippen molar-refractivity contribution in [1.82, 2.24) is 14.8 Å². The molecule has 1 aromatic carbocycles. The zero-order valence-electron chi connectivity index (χ0n) is 20.7. The van der Waals surface area contributed by atoms with Crippen molar-refractivity contribution in [2.75, 3.05) is 39.3 Å². The second-order valence-electron chi connectivity index (χ2n) is 8.90. The molecule has 0 saturated carbocycles. The first-order valence-corrected chi connectivity index (χ1v) is 12.1. The highest BCUT2D eigenvalue weighted by molar-refractivity contribution is 5.88. The zero-order chi connectivity index (χ0) is 24.5. The third-order valence-electron chi connectivity index (χ3n) is 6.28. The molecule has 1 N–H and O–H groups in total. The number of nitrogens with zero attached hydrogens (tertiary/aromatic N) is 3. The molecule has 1 fully saturated rings. The number of aromatic amines is 1.